The molecule has 1 saturated heterocycles. The number of nitrogens with zero attached hydrogens (tertiary/aromatic N) is 1. The van der Waals surface area contributed by atoms with Gasteiger partial charge in [0, 0.05) is 20.1 Å². The van der Waals surface area contributed by atoms with Gasteiger partial charge in [0.1, 0.15) is 0 Å². The fourth-order valence-electron chi connectivity index (χ4n) is 1.57. The molecule has 0 radical (unpaired) electrons. The average molecular weight is 214 g/mol. The normalized spacial score (nSPS) is 20.1. The Morgan fingerprint density at radius 3 is 2.80 bits per heavy atom. The van der Waals surface area contributed by atoms with Gasteiger partial charge in [0.15, 0.2) is 0 Å². The predicted molar refractivity (Wildman–Crippen MR) is 56.2 cm³/mol. The molecule has 86 valence electrons. The molecule has 1 atom stereocenters. The summed E-state index contributed by atoms with van der Waals surface area (Å²) in [7, 11) is 1.54. The maximum Gasteiger partial charge on any atom is 0.317 e. The Kier molecular flexibility index (Phi) is 4.36. The summed E-state index contributed by atoms with van der Waals surface area (Å²) < 4.78 is 0. The number of nitrogens with one attached hydrogen (secondary N) is 2. The molecular weight excluding hydrogens is 196 g/mol. The monoisotopic (exact) mass is 214 g/mol. The zero-order valence-corrected chi connectivity index (χ0v) is 8.95. The summed E-state index contributed by atoms with van der Waals surface area (Å²) in [5, 5.41) is 4.99. The van der Waals surface area contributed by atoms with Crippen LogP contribution in [0.25, 0.3) is 0 Å². The second-order valence-corrected chi connectivity index (χ2v) is 3.67. The highest BCUT2D eigenvalue weighted by atomic mass is 16.2. The van der Waals surface area contributed by atoms with Gasteiger partial charge in [-0.05, 0) is 18.9 Å². The Hall–Kier alpha value is -1.30. The van der Waals surface area contributed by atoms with Crippen molar-refractivity contribution in [2.75, 3.05) is 33.2 Å². The summed E-state index contributed by atoms with van der Waals surface area (Å²) in [6.07, 6.45) is 0.948. The minimum Gasteiger partial charge on any atom is -0.358 e. The number of hydrogen-bond donors (Lipinski definition) is 3. The molecule has 1 heterocycles. The summed E-state index contributed by atoms with van der Waals surface area (Å²) in [5.74, 6) is 0.202. The topological polar surface area (TPSA) is 87.5 Å². The van der Waals surface area contributed by atoms with E-state index in [0.29, 0.717) is 19.0 Å². The van der Waals surface area contributed by atoms with Crippen molar-refractivity contribution in [1.82, 2.24) is 15.5 Å². The van der Waals surface area contributed by atoms with Gasteiger partial charge in [-0.3, -0.25) is 4.79 Å². The van der Waals surface area contributed by atoms with E-state index in [2.05, 4.69) is 10.6 Å². The van der Waals surface area contributed by atoms with Crippen molar-refractivity contribution < 1.29 is 9.59 Å². The Bertz CT molecular complexity index is 244. The lowest BCUT2D eigenvalue weighted by Gasteiger charge is -2.16. The molecule has 15 heavy (non-hydrogen) atoms. The van der Waals surface area contributed by atoms with E-state index in [9.17, 15) is 9.59 Å². The van der Waals surface area contributed by atoms with Crippen molar-refractivity contribution >= 4 is 11.9 Å². The summed E-state index contributed by atoms with van der Waals surface area (Å²) in [6, 6.07) is -0.186. The van der Waals surface area contributed by atoms with Crippen LogP contribution in [0.4, 0.5) is 4.79 Å². The molecule has 0 aromatic rings. The van der Waals surface area contributed by atoms with Crippen molar-refractivity contribution in [3.8, 4) is 0 Å². The molecule has 1 fully saturated rings. The molecule has 1 unspecified atom stereocenters. The molecule has 4 N–H and O–H groups in total. The van der Waals surface area contributed by atoms with Crippen LogP contribution in [0.15, 0.2) is 0 Å². The van der Waals surface area contributed by atoms with E-state index in [0.717, 1.165) is 13.0 Å². The van der Waals surface area contributed by atoms with E-state index >= 15 is 0 Å². The molecule has 0 bridgehead atoms. The quantitative estimate of drug-likeness (QED) is 0.547. The van der Waals surface area contributed by atoms with Gasteiger partial charge in [0.25, 0.3) is 0 Å². The second-order valence-electron chi connectivity index (χ2n) is 3.67. The maximum atomic E-state index is 11.5. The SMILES string of the molecule is CNC(=O)CNC(=O)N1CCC(CN)C1. The van der Waals surface area contributed by atoms with Crippen molar-refractivity contribution in [1.29, 1.82) is 0 Å². The Labute approximate surface area is 89.2 Å². The maximum absolute atomic E-state index is 11.5. The third-order valence-electron chi connectivity index (χ3n) is 2.59. The largest absolute Gasteiger partial charge is 0.358 e. The lowest BCUT2D eigenvalue weighted by molar-refractivity contribution is -0.119. The molecule has 6 nitrogen and oxygen atoms in total. The van der Waals surface area contributed by atoms with E-state index in [1.54, 1.807) is 4.90 Å². The number of rotatable bonds is 3. The van der Waals surface area contributed by atoms with Crippen LogP contribution in [-0.4, -0.2) is 50.1 Å². The summed E-state index contributed by atoms with van der Waals surface area (Å²) >= 11 is 0. The van der Waals surface area contributed by atoms with E-state index < -0.39 is 0 Å². The number of likely N-dealkylation sites (tertiary alicyclic amines) is 1. The highest BCUT2D eigenvalue weighted by molar-refractivity contribution is 5.83. The molecule has 0 saturated carbocycles. The highest BCUT2D eigenvalue weighted by Gasteiger charge is 2.24. The van der Waals surface area contributed by atoms with Gasteiger partial charge >= 0.3 is 6.03 Å². The van der Waals surface area contributed by atoms with Crippen LogP contribution in [0.2, 0.25) is 0 Å². The third kappa shape index (κ3) is 3.39. The number of carbonyl (C=O) groups excluding carboxylic acids is 2. The van der Waals surface area contributed by atoms with E-state index in [4.69, 9.17) is 5.73 Å². The molecule has 1 aliphatic heterocycles. The van der Waals surface area contributed by atoms with Gasteiger partial charge in [0.05, 0.1) is 6.54 Å². The first-order chi connectivity index (χ1) is 7.17. The third-order valence-corrected chi connectivity index (χ3v) is 2.59. The van der Waals surface area contributed by atoms with Crippen molar-refractivity contribution in [2.45, 2.75) is 6.42 Å². The van der Waals surface area contributed by atoms with Crippen LogP contribution < -0.4 is 16.4 Å². The molecule has 1 rings (SSSR count). The number of likely N-dealkylation sites (N-methyl/N-ethyl adjacent to an activating group) is 1. The Morgan fingerprint density at radius 1 is 1.53 bits per heavy atom. The lowest BCUT2D eigenvalue weighted by Crippen LogP contribution is -2.43. The molecule has 1 aliphatic rings. The van der Waals surface area contributed by atoms with Gasteiger partial charge in [-0.15, -0.1) is 0 Å². The Morgan fingerprint density at radius 2 is 2.27 bits per heavy atom. The average Bonchev–Trinajstić information content (AvgIpc) is 2.73. The van der Waals surface area contributed by atoms with Crippen molar-refractivity contribution in [2.24, 2.45) is 11.7 Å². The van der Waals surface area contributed by atoms with E-state index in [1.807, 2.05) is 0 Å². The Balaban J connectivity index is 2.26. The molecule has 0 aromatic carbocycles. The van der Waals surface area contributed by atoms with Gasteiger partial charge in [0.2, 0.25) is 5.91 Å². The van der Waals surface area contributed by atoms with E-state index in [-0.39, 0.29) is 18.5 Å². The van der Waals surface area contributed by atoms with Crippen LogP contribution in [0.1, 0.15) is 6.42 Å². The second kappa shape index (κ2) is 5.55. The summed E-state index contributed by atoms with van der Waals surface area (Å²) in [4.78, 5) is 24.1. The minimum absolute atomic E-state index is 0.0269. The first-order valence-electron chi connectivity index (χ1n) is 5.10. The minimum atomic E-state index is -0.196. The van der Waals surface area contributed by atoms with Crippen LogP contribution in [0.3, 0.4) is 0 Å². The van der Waals surface area contributed by atoms with Gasteiger partial charge < -0.3 is 21.3 Å². The van der Waals surface area contributed by atoms with Crippen molar-refractivity contribution in [3.05, 3.63) is 0 Å². The molecular formula is C9H18N4O2. The van der Waals surface area contributed by atoms with Crippen LogP contribution >= 0.6 is 0 Å². The van der Waals surface area contributed by atoms with Crippen LogP contribution in [0, 0.1) is 5.92 Å². The number of urea groups is 1. The van der Waals surface area contributed by atoms with E-state index in [1.165, 1.54) is 7.05 Å². The van der Waals surface area contributed by atoms with Gasteiger partial charge in [-0.1, -0.05) is 0 Å². The summed E-state index contributed by atoms with van der Waals surface area (Å²) in [5.41, 5.74) is 5.52. The number of hydrogen-bond acceptors (Lipinski definition) is 3. The van der Waals surface area contributed by atoms with Crippen molar-refractivity contribution in [3.63, 3.8) is 0 Å². The number of amides is 3. The van der Waals surface area contributed by atoms with Crippen LogP contribution in [0.5, 0.6) is 0 Å². The fraction of sp³-hybridized carbons (Fsp3) is 0.778. The molecule has 6 heteroatoms. The molecule has 0 aliphatic carbocycles. The van der Waals surface area contributed by atoms with Gasteiger partial charge in [-0.25, -0.2) is 4.79 Å². The fourth-order valence-corrected chi connectivity index (χ4v) is 1.57. The zero-order valence-electron chi connectivity index (χ0n) is 8.95. The standard InChI is InChI=1S/C9H18N4O2/c1-11-8(14)5-12-9(15)13-3-2-7(4-10)6-13/h7H,2-6,10H2,1H3,(H,11,14)(H,12,15). The number of nitrogens with two attached hydrogens (primary N) is 1. The molecule has 0 aromatic heterocycles. The predicted octanol–water partition coefficient (Wildman–Crippen LogP) is -1.28. The molecule has 3 amide bonds. The first-order valence-corrected chi connectivity index (χ1v) is 5.10. The smallest absolute Gasteiger partial charge is 0.317 e. The lowest BCUT2D eigenvalue weighted by atomic mass is 10.1. The molecule has 0 spiro atoms. The highest BCUT2D eigenvalue weighted by Crippen LogP contribution is 2.14. The first kappa shape index (κ1) is 11.8. The zero-order chi connectivity index (χ0) is 11.3. The van der Waals surface area contributed by atoms with Gasteiger partial charge in [-0.2, -0.15) is 0 Å². The number of carbonyl (C=O) groups is 2. The van der Waals surface area contributed by atoms with Crippen LogP contribution in [-0.2, 0) is 4.79 Å². The summed E-state index contributed by atoms with van der Waals surface area (Å²) in [6.45, 7) is 2.05.